The summed E-state index contributed by atoms with van der Waals surface area (Å²) in [5.74, 6) is -0.219. The smallest absolute Gasteiger partial charge is 0.407 e. The molecule has 27 heavy (non-hydrogen) atoms. The Labute approximate surface area is 168 Å². The molecule has 1 aliphatic heterocycles. The number of carboxylic acid groups (broad SMARTS) is 1. The molecule has 0 aromatic heterocycles. The molecular formula is C19H24Cl2N2O4. The van der Waals surface area contributed by atoms with Crippen molar-refractivity contribution < 1.29 is 19.8 Å². The maximum Gasteiger partial charge on any atom is 0.407 e. The standard InChI is InChI=1S/C19H24Cl2N2O4/c1-22(19(26)27)17-10-23(18(25)11-2-5-13(24)6-3-11)9-14(17)12-4-7-15(20)16(21)8-12/h4,7-8,11,13-14,17,24H,2-3,5-6,9-10H2,1H3,(H,26,27)/t11-,13+,14-,17+/m1/s1. The van der Waals surface area contributed by atoms with Gasteiger partial charge in [0, 0.05) is 32.0 Å². The van der Waals surface area contributed by atoms with Crippen LogP contribution in [0.15, 0.2) is 18.2 Å². The van der Waals surface area contributed by atoms with Crippen LogP contribution in [0, 0.1) is 5.92 Å². The van der Waals surface area contributed by atoms with Crippen molar-refractivity contribution in [3.05, 3.63) is 33.8 Å². The van der Waals surface area contributed by atoms with E-state index < -0.39 is 6.09 Å². The van der Waals surface area contributed by atoms with Crippen LogP contribution < -0.4 is 0 Å². The Morgan fingerprint density at radius 2 is 1.78 bits per heavy atom. The van der Waals surface area contributed by atoms with Gasteiger partial charge >= 0.3 is 6.09 Å². The molecule has 8 heteroatoms. The number of carbonyl (C=O) groups is 2. The van der Waals surface area contributed by atoms with Gasteiger partial charge in [-0.25, -0.2) is 4.79 Å². The summed E-state index contributed by atoms with van der Waals surface area (Å²) in [7, 11) is 1.53. The molecule has 1 aromatic rings. The second-order valence-electron chi connectivity index (χ2n) is 7.49. The lowest BCUT2D eigenvalue weighted by Crippen LogP contribution is -2.42. The van der Waals surface area contributed by atoms with Crippen molar-refractivity contribution in [2.24, 2.45) is 5.92 Å². The molecule has 0 bridgehead atoms. The molecule has 1 aromatic carbocycles. The monoisotopic (exact) mass is 414 g/mol. The molecule has 0 unspecified atom stereocenters. The third-order valence-electron chi connectivity index (χ3n) is 5.82. The van der Waals surface area contributed by atoms with E-state index in [9.17, 15) is 19.8 Å². The highest BCUT2D eigenvalue weighted by atomic mass is 35.5. The molecule has 1 saturated carbocycles. The van der Waals surface area contributed by atoms with Gasteiger partial charge in [0.1, 0.15) is 0 Å². The molecule has 2 fully saturated rings. The van der Waals surface area contributed by atoms with Crippen LogP contribution in [0.5, 0.6) is 0 Å². The van der Waals surface area contributed by atoms with E-state index in [4.69, 9.17) is 23.2 Å². The van der Waals surface area contributed by atoms with Crippen LogP contribution >= 0.6 is 23.2 Å². The van der Waals surface area contributed by atoms with Crippen LogP contribution in [0.4, 0.5) is 4.79 Å². The maximum absolute atomic E-state index is 13.0. The van der Waals surface area contributed by atoms with Crippen LogP contribution in [0.1, 0.15) is 37.2 Å². The predicted molar refractivity (Wildman–Crippen MR) is 103 cm³/mol. The molecule has 2 atom stereocenters. The van der Waals surface area contributed by atoms with Crippen molar-refractivity contribution >= 4 is 35.2 Å². The molecule has 2 aliphatic rings. The first-order valence-electron chi connectivity index (χ1n) is 9.15. The summed E-state index contributed by atoms with van der Waals surface area (Å²) in [6.45, 7) is 0.795. The topological polar surface area (TPSA) is 81.1 Å². The van der Waals surface area contributed by atoms with E-state index in [1.165, 1.54) is 11.9 Å². The highest BCUT2D eigenvalue weighted by molar-refractivity contribution is 6.42. The average Bonchev–Trinajstić information content (AvgIpc) is 3.08. The summed E-state index contributed by atoms with van der Waals surface area (Å²) in [6, 6.07) is 4.94. The van der Waals surface area contributed by atoms with Crippen LogP contribution in [0.3, 0.4) is 0 Å². The highest BCUT2D eigenvalue weighted by Crippen LogP contribution is 2.36. The van der Waals surface area contributed by atoms with Gasteiger partial charge in [0.25, 0.3) is 0 Å². The molecule has 6 nitrogen and oxygen atoms in total. The van der Waals surface area contributed by atoms with Crippen molar-refractivity contribution in [3.8, 4) is 0 Å². The fraction of sp³-hybridized carbons (Fsp3) is 0.579. The van der Waals surface area contributed by atoms with Gasteiger partial charge < -0.3 is 20.0 Å². The predicted octanol–water partition coefficient (Wildman–Crippen LogP) is 3.45. The Morgan fingerprint density at radius 3 is 2.37 bits per heavy atom. The molecule has 2 amide bonds. The zero-order valence-corrected chi connectivity index (χ0v) is 16.7. The number of aliphatic hydroxyl groups excluding tert-OH is 1. The van der Waals surface area contributed by atoms with E-state index in [-0.39, 0.29) is 29.9 Å². The number of carbonyl (C=O) groups excluding carboxylic acids is 1. The van der Waals surface area contributed by atoms with Gasteiger partial charge in [-0.15, -0.1) is 0 Å². The van der Waals surface area contributed by atoms with Crippen molar-refractivity contribution in [1.82, 2.24) is 9.80 Å². The number of aliphatic hydroxyl groups is 1. The number of rotatable bonds is 3. The Bertz CT molecular complexity index is 722. The first-order valence-corrected chi connectivity index (χ1v) is 9.91. The minimum absolute atomic E-state index is 0.0493. The van der Waals surface area contributed by atoms with Gasteiger partial charge in [0.05, 0.1) is 22.2 Å². The largest absolute Gasteiger partial charge is 0.465 e. The normalized spacial score (nSPS) is 28.2. The first-order chi connectivity index (χ1) is 12.8. The van der Waals surface area contributed by atoms with Gasteiger partial charge in [0.2, 0.25) is 5.91 Å². The van der Waals surface area contributed by atoms with Crippen molar-refractivity contribution in [2.45, 2.75) is 43.7 Å². The van der Waals surface area contributed by atoms with Gasteiger partial charge in [-0.2, -0.15) is 0 Å². The number of halogens is 2. The number of hydrogen-bond donors (Lipinski definition) is 2. The lowest BCUT2D eigenvalue weighted by atomic mass is 9.86. The minimum atomic E-state index is -1.03. The fourth-order valence-electron chi connectivity index (χ4n) is 4.15. The zero-order chi connectivity index (χ0) is 19.7. The van der Waals surface area contributed by atoms with E-state index in [1.54, 1.807) is 17.0 Å². The molecule has 148 valence electrons. The zero-order valence-electron chi connectivity index (χ0n) is 15.1. The molecule has 0 radical (unpaired) electrons. The molecular weight excluding hydrogens is 391 g/mol. The quantitative estimate of drug-likeness (QED) is 0.793. The van der Waals surface area contributed by atoms with Crippen LogP contribution in [0.25, 0.3) is 0 Å². The molecule has 0 spiro atoms. The Balaban J connectivity index is 1.81. The second-order valence-corrected chi connectivity index (χ2v) is 8.30. The summed E-state index contributed by atoms with van der Waals surface area (Å²) < 4.78 is 0. The van der Waals surface area contributed by atoms with Crippen LogP contribution in [-0.2, 0) is 4.79 Å². The third-order valence-corrected chi connectivity index (χ3v) is 6.56. The molecule has 3 rings (SSSR count). The summed E-state index contributed by atoms with van der Waals surface area (Å²) in [6.07, 6.45) is 1.28. The number of benzene rings is 1. The van der Waals surface area contributed by atoms with Gasteiger partial charge in [-0.05, 0) is 43.4 Å². The highest BCUT2D eigenvalue weighted by Gasteiger charge is 2.42. The second kappa shape index (κ2) is 8.25. The lowest BCUT2D eigenvalue weighted by Gasteiger charge is -2.29. The number of likely N-dealkylation sites (tertiary alicyclic amines) is 1. The van der Waals surface area contributed by atoms with Crippen molar-refractivity contribution in [1.29, 1.82) is 0 Å². The molecule has 1 aliphatic carbocycles. The summed E-state index contributed by atoms with van der Waals surface area (Å²) in [5, 5.41) is 20.0. The summed E-state index contributed by atoms with van der Waals surface area (Å²) in [5.41, 5.74) is 0.872. The van der Waals surface area contributed by atoms with Crippen LogP contribution in [-0.4, -0.2) is 64.3 Å². The molecule has 2 N–H and O–H groups in total. The summed E-state index contributed by atoms with van der Waals surface area (Å²) >= 11 is 12.2. The van der Waals surface area contributed by atoms with Crippen molar-refractivity contribution in [2.75, 3.05) is 20.1 Å². The van der Waals surface area contributed by atoms with E-state index in [0.29, 0.717) is 48.8 Å². The lowest BCUT2D eigenvalue weighted by molar-refractivity contribution is -0.136. The Kier molecular flexibility index (Phi) is 6.18. The maximum atomic E-state index is 13.0. The third kappa shape index (κ3) is 4.33. The minimum Gasteiger partial charge on any atom is -0.465 e. The van der Waals surface area contributed by atoms with E-state index in [2.05, 4.69) is 0 Å². The Hall–Kier alpha value is -1.50. The number of likely N-dealkylation sites (N-methyl/N-ethyl adjacent to an activating group) is 1. The van der Waals surface area contributed by atoms with Gasteiger partial charge in [0.15, 0.2) is 0 Å². The van der Waals surface area contributed by atoms with Crippen LogP contribution in [0.2, 0.25) is 10.0 Å². The number of amides is 2. The van der Waals surface area contributed by atoms with E-state index >= 15 is 0 Å². The SMILES string of the molecule is CN(C(=O)O)[C@H]1CN(C(=O)[C@H]2CC[C@@H](O)CC2)C[C@@H]1c1ccc(Cl)c(Cl)c1. The fourth-order valence-corrected chi connectivity index (χ4v) is 4.46. The summed E-state index contributed by atoms with van der Waals surface area (Å²) in [4.78, 5) is 27.6. The number of nitrogens with zero attached hydrogens (tertiary/aromatic N) is 2. The first kappa shape index (κ1) is 20.2. The average molecular weight is 415 g/mol. The Morgan fingerprint density at radius 1 is 1.11 bits per heavy atom. The molecule has 1 heterocycles. The van der Waals surface area contributed by atoms with E-state index in [0.717, 1.165) is 5.56 Å². The van der Waals surface area contributed by atoms with Gasteiger partial charge in [-0.1, -0.05) is 29.3 Å². The van der Waals surface area contributed by atoms with Gasteiger partial charge in [-0.3, -0.25) is 4.79 Å². The van der Waals surface area contributed by atoms with Crippen molar-refractivity contribution in [3.63, 3.8) is 0 Å². The number of hydrogen-bond acceptors (Lipinski definition) is 3. The van der Waals surface area contributed by atoms with E-state index in [1.807, 2.05) is 6.07 Å². The molecule has 1 saturated heterocycles.